The van der Waals surface area contributed by atoms with Crippen LogP contribution in [0.5, 0.6) is 0 Å². The topological polar surface area (TPSA) is 66.4 Å². The van der Waals surface area contributed by atoms with Gasteiger partial charge in [0.15, 0.2) is 0 Å². The lowest BCUT2D eigenvalue weighted by Crippen LogP contribution is -2.42. The van der Waals surface area contributed by atoms with E-state index in [1.807, 2.05) is 37.3 Å². The van der Waals surface area contributed by atoms with Gasteiger partial charge in [0.05, 0.1) is 5.92 Å². The Morgan fingerprint density at radius 2 is 1.89 bits per heavy atom. The van der Waals surface area contributed by atoms with Crippen LogP contribution in [-0.2, 0) is 9.59 Å². The fraction of sp³-hybridized carbons (Fsp3) is 0.467. The van der Waals surface area contributed by atoms with Crippen molar-refractivity contribution in [2.75, 3.05) is 0 Å². The van der Waals surface area contributed by atoms with Gasteiger partial charge in [-0.1, -0.05) is 50.1 Å². The Hall–Kier alpha value is -1.84. The highest BCUT2D eigenvalue weighted by molar-refractivity contribution is 5.87. The van der Waals surface area contributed by atoms with Crippen LogP contribution in [-0.4, -0.2) is 23.0 Å². The molecule has 4 nitrogen and oxygen atoms in total. The summed E-state index contributed by atoms with van der Waals surface area (Å²) in [4.78, 5) is 23.1. The number of carbonyl (C=O) groups is 2. The van der Waals surface area contributed by atoms with Gasteiger partial charge in [-0.25, -0.2) is 4.79 Å². The van der Waals surface area contributed by atoms with E-state index in [-0.39, 0.29) is 11.8 Å². The van der Waals surface area contributed by atoms with E-state index in [2.05, 4.69) is 5.32 Å². The third-order valence-corrected chi connectivity index (χ3v) is 3.15. The summed E-state index contributed by atoms with van der Waals surface area (Å²) in [5.41, 5.74) is 0.889. The van der Waals surface area contributed by atoms with Crippen molar-refractivity contribution in [3.05, 3.63) is 35.9 Å². The van der Waals surface area contributed by atoms with Gasteiger partial charge in [0.25, 0.3) is 0 Å². The molecule has 1 amide bonds. The van der Waals surface area contributed by atoms with E-state index in [0.29, 0.717) is 6.42 Å². The SMILES string of the molecule is CCCC[C@H](NC(=O)[C@@H](C)c1ccccc1)C(=O)O. The Morgan fingerprint density at radius 3 is 2.42 bits per heavy atom. The number of carboxylic acids is 1. The third-order valence-electron chi connectivity index (χ3n) is 3.15. The molecule has 104 valence electrons. The predicted octanol–water partition coefficient (Wildman–Crippen LogP) is 2.55. The second-order valence-electron chi connectivity index (χ2n) is 4.67. The molecule has 1 rings (SSSR count). The maximum atomic E-state index is 12.0. The zero-order valence-corrected chi connectivity index (χ0v) is 11.4. The van der Waals surface area contributed by atoms with Crippen molar-refractivity contribution in [3.63, 3.8) is 0 Å². The molecule has 0 saturated heterocycles. The molecule has 0 fully saturated rings. The minimum atomic E-state index is -0.970. The van der Waals surface area contributed by atoms with Crippen LogP contribution < -0.4 is 5.32 Å². The molecule has 0 unspecified atom stereocenters. The number of hydrogen-bond donors (Lipinski definition) is 2. The van der Waals surface area contributed by atoms with Crippen molar-refractivity contribution >= 4 is 11.9 Å². The van der Waals surface area contributed by atoms with Gasteiger partial charge in [0, 0.05) is 0 Å². The summed E-state index contributed by atoms with van der Waals surface area (Å²) in [5.74, 6) is -1.55. The van der Waals surface area contributed by atoms with E-state index >= 15 is 0 Å². The van der Waals surface area contributed by atoms with Crippen LogP contribution in [0.1, 0.15) is 44.6 Å². The van der Waals surface area contributed by atoms with Crippen LogP contribution in [0.2, 0.25) is 0 Å². The van der Waals surface area contributed by atoms with Crippen molar-refractivity contribution in [2.24, 2.45) is 0 Å². The molecule has 1 aromatic rings. The summed E-state index contributed by atoms with van der Waals surface area (Å²) in [6, 6.07) is 8.56. The molecule has 0 radical (unpaired) electrons. The van der Waals surface area contributed by atoms with Crippen LogP contribution in [0.3, 0.4) is 0 Å². The maximum absolute atomic E-state index is 12.0. The zero-order valence-electron chi connectivity index (χ0n) is 11.4. The average Bonchev–Trinajstić information content (AvgIpc) is 2.43. The summed E-state index contributed by atoms with van der Waals surface area (Å²) in [6.45, 7) is 3.77. The minimum absolute atomic E-state index is 0.241. The molecule has 0 aliphatic heterocycles. The van der Waals surface area contributed by atoms with E-state index in [1.165, 1.54) is 0 Å². The highest BCUT2D eigenvalue weighted by Crippen LogP contribution is 2.15. The first-order chi connectivity index (χ1) is 9.06. The van der Waals surface area contributed by atoms with E-state index in [4.69, 9.17) is 5.11 Å². The van der Waals surface area contributed by atoms with Crippen molar-refractivity contribution in [1.82, 2.24) is 5.32 Å². The number of amides is 1. The first-order valence-corrected chi connectivity index (χ1v) is 6.64. The van der Waals surface area contributed by atoms with E-state index in [0.717, 1.165) is 18.4 Å². The second kappa shape index (κ2) is 7.56. The maximum Gasteiger partial charge on any atom is 0.326 e. The van der Waals surface area contributed by atoms with Gasteiger partial charge in [0.2, 0.25) is 5.91 Å². The van der Waals surface area contributed by atoms with Crippen molar-refractivity contribution in [1.29, 1.82) is 0 Å². The van der Waals surface area contributed by atoms with Crippen LogP contribution in [0.15, 0.2) is 30.3 Å². The fourth-order valence-electron chi connectivity index (χ4n) is 1.86. The Morgan fingerprint density at radius 1 is 1.26 bits per heavy atom. The molecular formula is C15H21NO3. The third kappa shape index (κ3) is 4.73. The molecule has 0 spiro atoms. The Kier molecular flexibility index (Phi) is 6.06. The largest absolute Gasteiger partial charge is 0.480 e. The number of unbranched alkanes of at least 4 members (excludes halogenated alkanes) is 1. The first kappa shape index (κ1) is 15.2. The lowest BCUT2D eigenvalue weighted by molar-refractivity contribution is -0.142. The van der Waals surface area contributed by atoms with Crippen molar-refractivity contribution < 1.29 is 14.7 Å². The molecular weight excluding hydrogens is 242 g/mol. The quantitative estimate of drug-likeness (QED) is 0.794. The number of aliphatic carboxylic acids is 1. The van der Waals surface area contributed by atoms with Crippen molar-refractivity contribution in [2.45, 2.75) is 45.1 Å². The highest BCUT2D eigenvalue weighted by Gasteiger charge is 2.22. The van der Waals surface area contributed by atoms with Gasteiger partial charge in [-0.15, -0.1) is 0 Å². The Labute approximate surface area is 113 Å². The molecule has 4 heteroatoms. The summed E-state index contributed by atoms with van der Waals surface area (Å²) < 4.78 is 0. The molecule has 1 aromatic carbocycles. The lowest BCUT2D eigenvalue weighted by atomic mass is 9.99. The zero-order chi connectivity index (χ0) is 14.3. The van der Waals surface area contributed by atoms with Crippen molar-refractivity contribution in [3.8, 4) is 0 Å². The Bertz CT molecular complexity index is 417. The minimum Gasteiger partial charge on any atom is -0.480 e. The van der Waals surface area contributed by atoms with Gasteiger partial charge in [0.1, 0.15) is 6.04 Å². The summed E-state index contributed by atoms with van der Waals surface area (Å²) >= 11 is 0. The van der Waals surface area contributed by atoms with E-state index in [1.54, 1.807) is 6.92 Å². The monoisotopic (exact) mass is 263 g/mol. The molecule has 2 atom stereocenters. The molecule has 0 heterocycles. The number of hydrogen-bond acceptors (Lipinski definition) is 2. The summed E-state index contributed by atoms with van der Waals surface area (Å²) in [6.07, 6.45) is 2.17. The van der Waals surface area contributed by atoms with Crippen LogP contribution in [0, 0.1) is 0 Å². The predicted molar refractivity (Wildman–Crippen MR) is 73.9 cm³/mol. The van der Waals surface area contributed by atoms with Crippen LogP contribution >= 0.6 is 0 Å². The standard InChI is InChI=1S/C15H21NO3/c1-3-4-10-13(15(18)19)16-14(17)11(2)12-8-6-5-7-9-12/h5-9,11,13H,3-4,10H2,1-2H3,(H,16,17)(H,18,19)/t11-,13-/m0/s1. The number of nitrogens with one attached hydrogen (secondary N) is 1. The van der Waals surface area contributed by atoms with Gasteiger partial charge in [-0.3, -0.25) is 4.79 Å². The molecule has 0 aliphatic carbocycles. The highest BCUT2D eigenvalue weighted by atomic mass is 16.4. The molecule has 0 aliphatic rings. The smallest absolute Gasteiger partial charge is 0.326 e. The van der Waals surface area contributed by atoms with Crippen LogP contribution in [0.25, 0.3) is 0 Å². The number of carbonyl (C=O) groups excluding carboxylic acids is 1. The first-order valence-electron chi connectivity index (χ1n) is 6.64. The molecule has 0 bridgehead atoms. The number of carboxylic acid groups (broad SMARTS) is 1. The second-order valence-corrected chi connectivity index (χ2v) is 4.67. The molecule has 19 heavy (non-hydrogen) atoms. The van der Waals surface area contributed by atoms with Gasteiger partial charge < -0.3 is 10.4 Å². The summed E-state index contributed by atoms with van der Waals surface area (Å²) in [7, 11) is 0. The summed E-state index contributed by atoms with van der Waals surface area (Å²) in [5, 5.41) is 11.7. The van der Waals surface area contributed by atoms with Crippen LogP contribution in [0.4, 0.5) is 0 Å². The number of benzene rings is 1. The van der Waals surface area contributed by atoms with E-state index in [9.17, 15) is 9.59 Å². The molecule has 2 N–H and O–H groups in total. The molecule has 0 saturated carbocycles. The normalized spacial score (nSPS) is 13.6. The number of rotatable bonds is 7. The molecule has 0 aromatic heterocycles. The van der Waals surface area contributed by atoms with Gasteiger partial charge >= 0.3 is 5.97 Å². The average molecular weight is 263 g/mol. The Balaban J connectivity index is 2.64. The fourth-order valence-corrected chi connectivity index (χ4v) is 1.86. The van der Waals surface area contributed by atoms with Gasteiger partial charge in [-0.2, -0.15) is 0 Å². The van der Waals surface area contributed by atoms with Gasteiger partial charge in [-0.05, 0) is 18.9 Å². The van der Waals surface area contributed by atoms with E-state index < -0.39 is 12.0 Å². The lowest BCUT2D eigenvalue weighted by Gasteiger charge is -2.17.